The van der Waals surface area contributed by atoms with E-state index >= 15 is 0 Å². The first-order valence-electron chi connectivity index (χ1n) is 5.51. The van der Waals surface area contributed by atoms with Gasteiger partial charge in [-0.05, 0) is 17.2 Å². The summed E-state index contributed by atoms with van der Waals surface area (Å²) in [4.78, 5) is 4.47. The van der Waals surface area contributed by atoms with Gasteiger partial charge < -0.3 is 5.32 Å². The largest absolute Gasteiger partial charge is 0.380 e. The fourth-order valence-electron chi connectivity index (χ4n) is 2.55. The van der Waals surface area contributed by atoms with E-state index in [9.17, 15) is 0 Å². The van der Waals surface area contributed by atoms with Crippen LogP contribution in [-0.4, -0.2) is 19.4 Å². The van der Waals surface area contributed by atoms with Crippen molar-refractivity contribution >= 4 is 13.5 Å². The minimum atomic E-state index is -0.00301. The summed E-state index contributed by atoms with van der Waals surface area (Å²) in [6.07, 6.45) is 3.93. The van der Waals surface area contributed by atoms with E-state index in [1.54, 1.807) is 0 Å². The fraction of sp³-hybridized carbons (Fsp3) is 0.308. The molecule has 0 spiro atoms. The van der Waals surface area contributed by atoms with E-state index in [0.717, 1.165) is 16.9 Å². The first-order valence-corrected chi connectivity index (χ1v) is 5.51. The van der Waals surface area contributed by atoms with Crippen molar-refractivity contribution in [2.24, 2.45) is 0 Å². The lowest BCUT2D eigenvalue weighted by molar-refractivity contribution is 0.648. The van der Waals surface area contributed by atoms with Crippen LogP contribution in [0.1, 0.15) is 25.1 Å². The third kappa shape index (κ3) is 1.11. The monoisotopic (exact) mass is 208 g/mol. The Morgan fingerprint density at radius 3 is 3.06 bits per heavy atom. The van der Waals surface area contributed by atoms with Crippen molar-refractivity contribution in [3.05, 3.63) is 46.7 Å². The molecular formula is C13H13BN2. The van der Waals surface area contributed by atoms with Crippen molar-refractivity contribution in [1.82, 2.24) is 10.3 Å². The molecule has 1 aromatic heterocycles. The van der Waals surface area contributed by atoms with Crippen LogP contribution in [0, 0.1) is 0 Å². The van der Waals surface area contributed by atoms with Gasteiger partial charge in [0.1, 0.15) is 7.85 Å². The van der Waals surface area contributed by atoms with E-state index in [4.69, 9.17) is 7.85 Å². The van der Waals surface area contributed by atoms with E-state index in [-0.39, 0.29) is 5.41 Å². The summed E-state index contributed by atoms with van der Waals surface area (Å²) in [5, 5.41) is 3.37. The number of nitrogens with one attached hydrogen (secondary N) is 1. The molecule has 2 aliphatic rings. The number of aromatic nitrogens is 1. The molecule has 1 aliphatic heterocycles. The lowest BCUT2D eigenvalue weighted by atomic mass is 9.78. The van der Waals surface area contributed by atoms with Gasteiger partial charge in [0.05, 0.1) is 11.4 Å². The fourth-order valence-corrected chi connectivity index (χ4v) is 2.55. The first-order chi connectivity index (χ1) is 7.60. The minimum absolute atomic E-state index is 0.00301. The third-order valence-electron chi connectivity index (χ3n) is 3.46. The molecule has 16 heavy (non-hydrogen) atoms. The van der Waals surface area contributed by atoms with E-state index in [0.29, 0.717) is 6.54 Å². The molecule has 0 saturated heterocycles. The quantitative estimate of drug-likeness (QED) is 0.657. The maximum absolute atomic E-state index is 5.89. The van der Waals surface area contributed by atoms with Gasteiger partial charge >= 0.3 is 0 Å². The van der Waals surface area contributed by atoms with Crippen molar-refractivity contribution < 1.29 is 0 Å². The minimum Gasteiger partial charge on any atom is -0.380 e. The lowest BCUT2D eigenvalue weighted by Crippen LogP contribution is -2.23. The molecular weight excluding hydrogens is 195 g/mol. The molecule has 0 atom stereocenters. The normalized spacial score (nSPS) is 21.0. The first kappa shape index (κ1) is 9.70. The molecule has 0 saturated carbocycles. The van der Waals surface area contributed by atoms with Crippen molar-refractivity contribution in [2.45, 2.75) is 19.3 Å². The highest BCUT2D eigenvalue weighted by Crippen LogP contribution is 2.45. The van der Waals surface area contributed by atoms with E-state index in [1.807, 2.05) is 12.3 Å². The predicted molar refractivity (Wildman–Crippen MR) is 66.0 cm³/mol. The zero-order valence-electron chi connectivity index (χ0n) is 9.54. The number of nitrogens with zero attached hydrogens (tertiary/aromatic N) is 1. The van der Waals surface area contributed by atoms with Gasteiger partial charge in [-0.25, -0.2) is 0 Å². The number of fused-ring (bicyclic) bond motifs is 2. The zero-order chi connectivity index (χ0) is 11.3. The molecule has 0 bridgehead atoms. The summed E-state index contributed by atoms with van der Waals surface area (Å²) >= 11 is 0. The maximum atomic E-state index is 5.89. The molecule has 0 fully saturated rings. The summed E-state index contributed by atoms with van der Waals surface area (Å²) in [5.74, 6) is 0. The Kier molecular flexibility index (Phi) is 1.82. The van der Waals surface area contributed by atoms with E-state index < -0.39 is 0 Å². The van der Waals surface area contributed by atoms with Gasteiger partial charge in [-0.3, -0.25) is 4.98 Å². The Hall–Kier alpha value is -1.51. The third-order valence-corrected chi connectivity index (χ3v) is 3.46. The molecule has 2 radical (unpaired) electrons. The predicted octanol–water partition coefficient (Wildman–Crippen LogP) is 1.74. The number of allylic oxidation sites excluding steroid dienone is 2. The van der Waals surface area contributed by atoms with Crippen LogP contribution in [0.4, 0.5) is 0 Å². The van der Waals surface area contributed by atoms with Gasteiger partial charge in [-0.15, -0.1) is 0 Å². The Labute approximate surface area is 96.9 Å². The highest BCUT2D eigenvalue weighted by atomic mass is 14.9. The highest BCUT2D eigenvalue weighted by Gasteiger charge is 2.38. The Morgan fingerprint density at radius 1 is 1.44 bits per heavy atom. The topological polar surface area (TPSA) is 24.9 Å². The van der Waals surface area contributed by atoms with Crippen LogP contribution in [-0.2, 0) is 5.41 Å². The van der Waals surface area contributed by atoms with Crippen molar-refractivity contribution in [3.63, 3.8) is 0 Å². The average Bonchev–Trinajstić information content (AvgIpc) is 2.49. The van der Waals surface area contributed by atoms with Crippen molar-refractivity contribution in [1.29, 1.82) is 0 Å². The number of hydrogen-bond acceptors (Lipinski definition) is 2. The SMILES string of the molecule is [B]C1=CC2=C(NC1)c1ncccc1C2(C)C. The Morgan fingerprint density at radius 2 is 2.25 bits per heavy atom. The van der Waals surface area contributed by atoms with Crippen LogP contribution >= 0.6 is 0 Å². The molecule has 0 unspecified atom stereocenters. The van der Waals surface area contributed by atoms with Crippen LogP contribution in [0.25, 0.3) is 5.70 Å². The van der Waals surface area contributed by atoms with Gasteiger partial charge in [0, 0.05) is 18.2 Å². The molecule has 2 nitrogen and oxygen atoms in total. The number of hydrogen-bond donors (Lipinski definition) is 1. The van der Waals surface area contributed by atoms with Gasteiger partial charge in [0.25, 0.3) is 0 Å². The average molecular weight is 208 g/mol. The number of dihydropyridines is 1. The summed E-state index contributed by atoms with van der Waals surface area (Å²) in [6, 6.07) is 4.14. The van der Waals surface area contributed by atoms with Crippen LogP contribution in [0.2, 0.25) is 0 Å². The van der Waals surface area contributed by atoms with Gasteiger partial charge in [-0.1, -0.05) is 31.5 Å². The van der Waals surface area contributed by atoms with E-state index in [2.05, 4.69) is 36.3 Å². The highest BCUT2D eigenvalue weighted by molar-refractivity contribution is 6.22. The maximum Gasteiger partial charge on any atom is 0.110 e. The lowest BCUT2D eigenvalue weighted by Gasteiger charge is -2.25. The summed E-state index contributed by atoms with van der Waals surface area (Å²) in [7, 11) is 5.89. The van der Waals surface area contributed by atoms with Crippen LogP contribution in [0.3, 0.4) is 0 Å². The smallest absolute Gasteiger partial charge is 0.110 e. The summed E-state index contributed by atoms with van der Waals surface area (Å²) < 4.78 is 0. The van der Waals surface area contributed by atoms with Gasteiger partial charge in [0.15, 0.2) is 0 Å². The van der Waals surface area contributed by atoms with Crippen molar-refractivity contribution in [3.8, 4) is 0 Å². The number of pyridine rings is 1. The second kappa shape index (κ2) is 3.00. The molecule has 1 aromatic rings. The molecule has 3 rings (SSSR count). The van der Waals surface area contributed by atoms with Crippen LogP contribution in [0.15, 0.2) is 35.5 Å². The van der Waals surface area contributed by atoms with Crippen LogP contribution < -0.4 is 5.32 Å². The molecule has 3 heteroatoms. The van der Waals surface area contributed by atoms with E-state index in [1.165, 1.54) is 11.1 Å². The molecule has 78 valence electrons. The molecule has 1 N–H and O–H groups in total. The van der Waals surface area contributed by atoms with Gasteiger partial charge in [-0.2, -0.15) is 0 Å². The molecule has 2 heterocycles. The second-order valence-electron chi connectivity index (χ2n) is 4.89. The molecule has 0 aromatic carbocycles. The Bertz CT molecular complexity index is 526. The summed E-state index contributed by atoms with van der Waals surface area (Å²) in [5.41, 5.74) is 5.64. The Balaban J connectivity index is 2.27. The van der Waals surface area contributed by atoms with Gasteiger partial charge in [0.2, 0.25) is 0 Å². The summed E-state index contributed by atoms with van der Waals surface area (Å²) in [6.45, 7) is 5.14. The molecule has 0 amide bonds. The number of rotatable bonds is 0. The standard InChI is InChI=1S/C13H13BN2/c1-13(2)9-4-3-5-15-11(9)12-10(13)6-8(14)7-16-12/h3-6,16H,7H2,1-2H3. The molecule has 1 aliphatic carbocycles. The zero-order valence-corrected chi connectivity index (χ0v) is 9.54. The van der Waals surface area contributed by atoms with Crippen LogP contribution in [0.5, 0.6) is 0 Å². The second-order valence-corrected chi connectivity index (χ2v) is 4.89. The van der Waals surface area contributed by atoms with Crippen molar-refractivity contribution in [2.75, 3.05) is 6.54 Å².